The Kier molecular flexibility index (Phi) is 8.39. The van der Waals surface area contributed by atoms with E-state index in [1.54, 1.807) is 23.1 Å². The van der Waals surface area contributed by atoms with E-state index >= 15 is 0 Å². The molecule has 31 heavy (non-hydrogen) atoms. The number of nitrogens with zero attached hydrogens (tertiary/aromatic N) is 4. The number of hydrogen-bond acceptors (Lipinski definition) is 4. The summed E-state index contributed by atoms with van der Waals surface area (Å²) in [7, 11) is 0. The number of benzene rings is 2. The summed E-state index contributed by atoms with van der Waals surface area (Å²) in [6, 6.07) is 14.5. The lowest BCUT2D eigenvalue weighted by atomic mass is 10.1. The lowest BCUT2D eigenvalue weighted by Crippen LogP contribution is -2.42. The van der Waals surface area contributed by atoms with E-state index in [-0.39, 0.29) is 11.9 Å². The van der Waals surface area contributed by atoms with E-state index in [0.717, 1.165) is 24.1 Å². The molecule has 1 unspecified atom stereocenters. The van der Waals surface area contributed by atoms with Gasteiger partial charge in [0, 0.05) is 12.6 Å². The number of guanidine groups is 1. The molecule has 0 spiro atoms. The Balaban J connectivity index is 1.58. The molecule has 3 aromatic rings. The lowest BCUT2D eigenvalue weighted by molar-refractivity contribution is 0.198. The zero-order valence-corrected chi connectivity index (χ0v) is 18.0. The molecule has 0 amide bonds. The third kappa shape index (κ3) is 7.40. The van der Waals surface area contributed by atoms with Gasteiger partial charge in [-0.25, -0.2) is 19.0 Å². The standard InChI is InChI=1S/C23H29FN6O/c1-3-21(31-22-10-6-9-20(24)12-22)14-28-23(26-4-2)27-13-18-7-5-8-19(11-18)15-30-17-25-16-29-30/h5-12,16-17,21H,3-4,13-15H2,1-2H3,(H2,26,27,28). The van der Waals surface area contributed by atoms with Crippen LogP contribution in [0.1, 0.15) is 31.4 Å². The lowest BCUT2D eigenvalue weighted by Gasteiger charge is -2.20. The van der Waals surface area contributed by atoms with Gasteiger partial charge in [-0.15, -0.1) is 0 Å². The average molecular weight is 425 g/mol. The molecule has 2 aromatic carbocycles. The molecule has 1 heterocycles. The largest absolute Gasteiger partial charge is 0.489 e. The van der Waals surface area contributed by atoms with E-state index in [1.807, 2.05) is 19.9 Å². The highest BCUT2D eigenvalue weighted by atomic mass is 19.1. The summed E-state index contributed by atoms with van der Waals surface area (Å²) in [5.41, 5.74) is 2.25. The van der Waals surface area contributed by atoms with Gasteiger partial charge in [-0.05, 0) is 36.6 Å². The quantitative estimate of drug-likeness (QED) is 0.385. The molecule has 0 aliphatic carbocycles. The average Bonchev–Trinajstić information content (AvgIpc) is 3.28. The molecule has 1 aromatic heterocycles. The van der Waals surface area contributed by atoms with Crippen LogP contribution in [0, 0.1) is 5.82 Å². The van der Waals surface area contributed by atoms with Crippen LogP contribution in [0.4, 0.5) is 4.39 Å². The number of ether oxygens (including phenoxy) is 1. The van der Waals surface area contributed by atoms with Gasteiger partial charge in [0.15, 0.2) is 5.96 Å². The van der Waals surface area contributed by atoms with Crippen LogP contribution in [-0.4, -0.2) is 39.9 Å². The molecule has 0 aliphatic rings. The Labute approximate surface area is 182 Å². The summed E-state index contributed by atoms with van der Waals surface area (Å²) in [6.07, 6.45) is 3.92. The third-order valence-corrected chi connectivity index (χ3v) is 4.62. The third-order valence-electron chi connectivity index (χ3n) is 4.62. The van der Waals surface area contributed by atoms with Crippen LogP contribution in [-0.2, 0) is 13.1 Å². The Morgan fingerprint density at radius 2 is 1.97 bits per heavy atom. The van der Waals surface area contributed by atoms with Gasteiger partial charge in [-0.3, -0.25) is 0 Å². The number of aliphatic imine (C=N–C) groups is 1. The second-order valence-corrected chi connectivity index (χ2v) is 7.09. The van der Waals surface area contributed by atoms with Crippen molar-refractivity contribution in [2.24, 2.45) is 4.99 Å². The molecule has 0 saturated carbocycles. The Bertz CT molecular complexity index is 960. The van der Waals surface area contributed by atoms with Crippen LogP contribution in [0.3, 0.4) is 0 Å². The SMILES string of the molecule is CCNC(=NCc1cccc(Cn2cncn2)c1)NCC(CC)Oc1cccc(F)c1. The van der Waals surface area contributed by atoms with Crippen molar-refractivity contribution in [2.45, 2.75) is 39.5 Å². The van der Waals surface area contributed by atoms with Crippen molar-refractivity contribution < 1.29 is 9.13 Å². The van der Waals surface area contributed by atoms with Gasteiger partial charge in [-0.1, -0.05) is 37.3 Å². The van der Waals surface area contributed by atoms with Crippen molar-refractivity contribution in [3.63, 3.8) is 0 Å². The predicted molar refractivity (Wildman–Crippen MR) is 119 cm³/mol. The van der Waals surface area contributed by atoms with E-state index in [1.165, 1.54) is 18.5 Å². The second kappa shape index (κ2) is 11.7. The number of halogens is 1. The summed E-state index contributed by atoms with van der Waals surface area (Å²) >= 11 is 0. The Hall–Kier alpha value is -3.42. The molecule has 0 radical (unpaired) electrons. The fourth-order valence-corrected chi connectivity index (χ4v) is 3.05. The first kappa shape index (κ1) is 22.3. The van der Waals surface area contributed by atoms with Gasteiger partial charge >= 0.3 is 0 Å². The van der Waals surface area contributed by atoms with E-state index < -0.39 is 0 Å². The predicted octanol–water partition coefficient (Wildman–Crippen LogP) is 3.38. The Morgan fingerprint density at radius 3 is 2.71 bits per heavy atom. The molecule has 0 bridgehead atoms. The van der Waals surface area contributed by atoms with Gasteiger partial charge in [0.2, 0.25) is 0 Å². The summed E-state index contributed by atoms with van der Waals surface area (Å²) in [4.78, 5) is 8.67. The molecule has 0 aliphatic heterocycles. The second-order valence-electron chi connectivity index (χ2n) is 7.09. The summed E-state index contributed by atoms with van der Waals surface area (Å²) in [5, 5.41) is 10.7. The molecule has 0 fully saturated rings. The van der Waals surface area contributed by atoms with E-state index in [0.29, 0.717) is 31.3 Å². The zero-order valence-electron chi connectivity index (χ0n) is 18.0. The van der Waals surface area contributed by atoms with Crippen LogP contribution in [0.25, 0.3) is 0 Å². The number of rotatable bonds is 10. The molecule has 164 valence electrons. The monoisotopic (exact) mass is 424 g/mol. The van der Waals surface area contributed by atoms with Gasteiger partial charge in [0.1, 0.15) is 30.3 Å². The summed E-state index contributed by atoms with van der Waals surface area (Å²) < 4.78 is 21.1. The van der Waals surface area contributed by atoms with E-state index in [2.05, 4.69) is 38.9 Å². The first-order chi connectivity index (χ1) is 15.2. The van der Waals surface area contributed by atoms with Crippen LogP contribution in [0.15, 0.2) is 66.2 Å². The van der Waals surface area contributed by atoms with Crippen molar-refractivity contribution in [1.82, 2.24) is 25.4 Å². The molecule has 8 heteroatoms. The number of hydrogen-bond donors (Lipinski definition) is 2. The molecule has 7 nitrogen and oxygen atoms in total. The minimum absolute atomic E-state index is 0.100. The van der Waals surface area contributed by atoms with E-state index in [9.17, 15) is 4.39 Å². The van der Waals surface area contributed by atoms with Crippen molar-refractivity contribution in [2.75, 3.05) is 13.1 Å². The number of nitrogens with one attached hydrogen (secondary N) is 2. The van der Waals surface area contributed by atoms with Crippen molar-refractivity contribution >= 4 is 5.96 Å². The molecular formula is C23H29FN6O. The molecular weight excluding hydrogens is 395 g/mol. The van der Waals surface area contributed by atoms with Gasteiger partial charge in [-0.2, -0.15) is 5.10 Å². The van der Waals surface area contributed by atoms with Crippen LogP contribution < -0.4 is 15.4 Å². The van der Waals surface area contributed by atoms with Crippen molar-refractivity contribution in [3.05, 3.63) is 78.1 Å². The van der Waals surface area contributed by atoms with Crippen LogP contribution >= 0.6 is 0 Å². The smallest absolute Gasteiger partial charge is 0.191 e. The first-order valence-electron chi connectivity index (χ1n) is 10.5. The van der Waals surface area contributed by atoms with Crippen LogP contribution in [0.5, 0.6) is 5.75 Å². The zero-order chi connectivity index (χ0) is 21.9. The van der Waals surface area contributed by atoms with Gasteiger partial charge in [0.05, 0.1) is 19.6 Å². The van der Waals surface area contributed by atoms with Gasteiger partial charge in [0.25, 0.3) is 0 Å². The maximum absolute atomic E-state index is 13.4. The molecule has 2 N–H and O–H groups in total. The minimum atomic E-state index is -0.304. The maximum Gasteiger partial charge on any atom is 0.191 e. The fourth-order valence-electron chi connectivity index (χ4n) is 3.05. The first-order valence-corrected chi connectivity index (χ1v) is 10.5. The molecule has 3 rings (SSSR count). The van der Waals surface area contributed by atoms with Gasteiger partial charge < -0.3 is 15.4 Å². The van der Waals surface area contributed by atoms with Crippen molar-refractivity contribution in [3.8, 4) is 5.75 Å². The number of aromatic nitrogens is 3. The molecule has 1 atom stereocenters. The highest BCUT2D eigenvalue weighted by molar-refractivity contribution is 5.79. The highest BCUT2D eigenvalue weighted by Crippen LogP contribution is 2.15. The maximum atomic E-state index is 13.4. The van der Waals surface area contributed by atoms with E-state index in [4.69, 9.17) is 9.73 Å². The summed E-state index contributed by atoms with van der Waals surface area (Å²) in [5.74, 6) is 0.937. The van der Waals surface area contributed by atoms with Crippen LogP contribution in [0.2, 0.25) is 0 Å². The topological polar surface area (TPSA) is 76.4 Å². The summed E-state index contributed by atoms with van der Waals surface area (Å²) in [6.45, 7) is 6.59. The fraction of sp³-hybridized carbons (Fsp3) is 0.348. The normalized spacial score (nSPS) is 12.4. The molecule has 0 saturated heterocycles. The highest BCUT2D eigenvalue weighted by Gasteiger charge is 2.10. The Morgan fingerprint density at radius 1 is 1.13 bits per heavy atom. The van der Waals surface area contributed by atoms with Crippen molar-refractivity contribution in [1.29, 1.82) is 0 Å². The minimum Gasteiger partial charge on any atom is -0.489 e.